The Morgan fingerprint density at radius 2 is 2.00 bits per heavy atom. The first kappa shape index (κ1) is 7.57. The molecular formula is C5H3Cl2FN2. The second-order valence-electron chi connectivity index (χ2n) is 1.64. The van der Waals surface area contributed by atoms with Gasteiger partial charge in [0.1, 0.15) is 0 Å². The third-order valence-electron chi connectivity index (χ3n) is 0.914. The van der Waals surface area contributed by atoms with Crippen molar-refractivity contribution >= 4 is 28.9 Å². The van der Waals surface area contributed by atoms with Gasteiger partial charge in [-0.1, -0.05) is 23.2 Å². The maximum atomic E-state index is 12.4. The van der Waals surface area contributed by atoms with Gasteiger partial charge in [-0.2, -0.15) is 0 Å². The van der Waals surface area contributed by atoms with Crippen LogP contribution in [0.25, 0.3) is 0 Å². The molecular weight excluding hydrogens is 178 g/mol. The Hall–Kier alpha value is -0.540. The van der Waals surface area contributed by atoms with Gasteiger partial charge >= 0.3 is 0 Å². The Morgan fingerprint density at radius 1 is 1.40 bits per heavy atom. The number of pyridine rings is 1. The van der Waals surface area contributed by atoms with E-state index in [0.29, 0.717) is 0 Å². The second-order valence-corrected chi connectivity index (χ2v) is 2.36. The molecule has 0 amide bonds. The highest BCUT2D eigenvalue weighted by Gasteiger charge is 2.04. The van der Waals surface area contributed by atoms with Gasteiger partial charge in [0, 0.05) is 6.07 Å². The predicted octanol–water partition coefficient (Wildman–Crippen LogP) is 2.11. The molecule has 1 heterocycles. The van der Waals surface area contributed by atoms with Gasteiger partial charge in [0.05, 0.1) is 5.69 Å². The quantitative estimate of drug-likeness (QED) is 0.622. The van der Waals surface area contributed by atoms with Crippen LogP contribution >= 0.6 is 23.2 Å². The first-order valence-corrected chi connectivity index (χ1v) is 3.14. The summed E-state index contributed by atoms with van der Waals surface area (Å²) in [7, 11) is 0. The molecule has 0 unspecified atom stereocenters. The maximum Gasteiger partial charge on any atom is 0.166 e. The van der Waals surface area contributed by atoms with E-state index >= 15 is 0 Å². The lowest BCUT2D eigenvalue weighted by Gasteiger charge is -1.96. The number of hydrogen-bond acceptors (Lipinski definition) is 2. The molecule has 0 atom stereocenters. The second kappa shape index (κ2) is 2.60. The van der Waals surface area contributed by atoms with Crippen molar-refractivity contribution in [2.75, 3.05) is 5.73 Å². The SMILES string of the molecule is Nc1cc(F)c(Cl)nc1Cl. The molecule has 1 rings (SSSR count). The third-order valence-corrected chi connectivity index (χ3v) is 1.48. The molecule has 0 aliphatic heterocycles. The van der Waals surface area contributed by atoms with Gasteiger partial charge in [0.15, 0.2) is 16.1 Å². The summed E-state index contributed by atoms with van der Waals surface area (Å²) in [6.07, 6.45) is 0. The fourth-order valence-corrected chi connectivity index (χ4v) is 0.781. The number of anilines is 1. The number of rotatable bonds is 0. The van der Waals surface area contributed by atoms with Crippen LogP contribution in [0.3, 0.4) is 0 Å². The molecule has 2 nitrogen and oxygen atoms in total. The average Bonchev–Trinajstić information content (AvgIpc) is 1.84. The standard InChI is InChI=1S/C5H3Cl2FN2/c6-4-2(8)1-3(9)5(7)10-4/h1H,9H2. The van der Waals surface area contributed by atoms with Crippen molar-refractivity contribution in [3.63, 3.8) is 0 Å². The zero-order valence-corrected chi connectivity index (χ0v) is 6.25. The fourth-order valence-electron chi connectivity index (χ4n) is 0.460. The highest BCUT2D eigenvalue weighted by atomic mass is 35.5. The predicted molar refractivity (Wildman–Crippen MR) is 38.6 cm³/mol. The summed E-state index contributed by atoms with van der Waals surface area (Å²) in [6, 6.07) is 1.03. The van der Waals surface area contributed by atoms with Gasteiger partial charge in [-0.25, -0.2) is 9.37 Å². The summed E-state index contributed by atoms with van der Waals surface area (Å²) < 4.78 is 12.4. The Labute approximate surface area is 66.8 Å². The van der Waals surface area contributed by atoms with E-state index in [1.54, 1.807) is 0 Å². The largest absolute Gasteiger partial charge is 0.396 e. The number of nitrogen functional groups attached to an aromatic ring is 1. The van der Waals surface area contributed by atoms with Crippen LogP contribution in [-0.2, 0) is 0 Å². The van der Waals surface area contributed by atoms with Crippen LogP contribution < -0.4 is 5.73 Å². The highest BCUT2D eigenvalue weighted by molar-refractivity contribution is 6.34. The fraction of sp³-hybridized carbons (Fsp3) is 0. The molecule has 1 aromatic heterocycles. The lowest BCUT2D eigenvalue weighted by Crippen LogP contribution is -1.91. The Kier molecular flexibility index (Phi) is 1.97. The summed E-state index contributed by atoms with van der Waals surface area (Å²) in [6.45, 7) is 0. The van der Waals surface area contributed by atoms with Crippen LogP contribution in [0, 0.1) is 5.82 Å². The molecule has 10 heavy (non-hydrogen) atoms. The first-order valence-electron chi connectivity index (χ1n) is 2.38. The molecule has 0 radical (unpaired) electrons. The van der Waals surface area contributed by atoms with Crippen LogP contribution in [0.1, 0.15) is 0 Å². The van der Waals surface area contributed by atoms with Gasteiger partial charge in [-0.05, 0) is 0 Å². The number of hydrogen-bond donors (Lipinski definition) is 1. The molecule has 5 heteroatoms. The molecule has 0 spiro atoms. The van der Waals surface area contributed by atoms with Crippen molar-refractivity contribution in [2.24, 2.45) is 0 Å². The van der Waals surface area contributed by atoms with Crippen LogP contribution in [0.15, 0.2) is 6.07 Å². The monoisotopic (exact) mass is 180 g/mol. The van der Waals surface area contributed by atoms with Crippen molar-refractivity contribution in [1.29, 1.82) is 0 Å². The van der Waals surface area contributed by atoms with E-state index in [1.165, 1.54) is 0 Å². The minimum absolute atomic E-state index is 0.0198. The number of nitrogens with zero attached hydrogens (tertiary/aromatic N) is 1. The van der Waals surface area contributed by atoms with Gasteiger partial charge in [-0.3, -0.25) is 0 Å². The Balaban J connectivity index is 3.28. The van der Waals surface area contributed by atoms with Gasteiger partial charge in [0.25, 0.3) is 0 Å². The number of halogens is 3. The number of nitrogens with two attached hydrogens (primary N) is 1. The highest BCUT2D eigenvalue weighted by Crippen LogP contribution is 2.21. The maximum absolute atomic E-state index is 12.4. The van der Waals surface area contributed by atoms with Crippen molar-refractivity contribution in [1.82, 2.24) is 4.98 Å². The van der Waals surface area contributed by atoms with E-state index < -0.39 is 5.82 Å². The third kappa shape index (κ3) is 1.30. The van der Waals surface area contributed by atoms with Crippen molar-refractivity contribution in [3.05, 3.63) is 22.2 Å². The molecule has 2 N–H and O–H groups in total. The molecule has 0 saturated carbocycles. The summed E-state index contributed by atoms with van der Waals surface area (Å²) in [5.41, 5.74) is 5.28. The minimum Gasteiger partial charge on any atom is -0.396 e. The molecule has 0 saturated heterocycles. The average molecular weight is 181 g/mol. The van der Waals surface area contributed by atoms with Gasteiger partial charge in [0.2, 0.25) is 0 Å². The Bertz CT molecular complexity index is 214. The van der Waals surface area contributed by atoms with Gasteiger partial charge in [-0.15, -0.1) is 0 Å². The molecule has 1 aromatic rings. The van der Waals surface area contributed by atoms with E-state index in [0.717, 1.165) is 6.07 Å². The topological polar surface area (TPSA) is 38.9 Å². The summed E-state index contributed by atoms with van der Waals surface area (Å²) in [4.78, 5) is 3.40. The first-order chi connectivity index (χ1) is 4.61. The normalized spacial score (nSPS) is 9.90. The molecule has 0 bridgehead atoms. The molecule has 0 aliphatic rings. The molecule has 54 valence electrons. The summed E-state index contributed by atoms with van der Waals surface area (Å²) in [5.74, 6) is -0.663. The van der Waals surface area contributed by atoms with Crippen molar-refractivity contribution in [2.45, 2.75) is 0 Å². The lowest BCUT2D eigenvalue weighted by molar-refractivity contribution is 0.623. The smallest absolute Gasteiger partial charge is 0.166 e. The van der Waals surface area contributed by atoms with Crippen molar-refractivity contribution < 1.29 is 4.39 Å². The number of aromatic nitrogens is 1. The van der Waals surface area contributed by atoms with Crippen LogP contribution in [0.4, 0.5) is 10.1 Å². The van der Waals surface area contributed by atoms with E-state index in [2.05, 4.69) is 4.98 Å². The van der Waals surface area contributed by atoms with Crippen LogP contribution in [0.5, 0.6) is 0 Å². The molecule has 0 aromatic carbocycles. The van der Waals surface area contributed by atoms with E-state index in [1.807, 2.05) is 0 Å². The minimum atomic E-state index is -0.663. The van der Waals surface area contributed by atoms with Crippen LogP contribution in [-0.4, -0.2) is 4.98 Å². The van der Waals surface area contributed by atoms with E-state index in [4.69, 9.17) is 28.9 Å². The summed E-state index contributed by atoms with van der Waals surface area (Å²) >= 11 is 10.7. The molecule has 0 aliphatic carbocycles. The zero-order valence-electron chi connectivity index (χ0n) is 4.74. The lowest BCUT2D eigenvalue weighted by atomic mass is 10.4. The van der Waals surface area contributed by atoms with Crippen LogP contribution in [0.2, 0.25) is 10.3 Å². The van der Waals surface area contributed by atoms with E-state index in [-0.39, 0.29) is 16.0 Å². The molecule has 0 fully saturated rings. The zero-order chi connectivity index (χ0) is 7.72. The Morgan fingerprint density at radius 3 is 2.50 bits per heavy atom. The van der Waals surface area contributed by atoms with Gasteiger partial charge < -0.3 is 5.73 Å². The van der Waals surface area contributed by atoms with E-state index in [9.17, 15) is 4.39 Å². The summed E-state index contributed by atoms with van der Waals surface area (Å²) in [5, 5.41) is -0.245. The van der Waals surface area contributed by atoms with Crippen molar-refractivity contribution in [3.8, 4) is 0 Å².